The third-order valence-electron chi connectivity index (χ3n) is 5.55. The number of hydrogen-bond acceptors (Lipinski definition) is 4. The van der Waals surface area contributed by atoms with Crippen molar-refractivity contribution in [3.63, 3.8) is 0 Å². The van der Waals surface area contributed by atoms with Crippen LogP contribution in [0.4, 0.5) is 4.39 Å². The number of rotatable bonds is 5. The molecular weight excluding hydrogens is 349 g/mol. The van der Waals surface area contributed by atoms with Gasteiger partial charge in [-0.1, -0.05) is 6.07 Å². The monoisotopic (exact) mass is 373 g/mol. The Hall–Kier alpha value is -1.79. The van der Waals surface area contributed by atoms with Crippen molar-refractivity contribution < 1.29 is 9.18 Å². The van der Waals surface area contributed by atoms with Crippen molar-refractivity contribution in [2.45, 2.75) is 56.9 Å². The first-order valence-electron chi connectivity index (χ1n) is 9.20. The highest BCUT2D eigenvalue weighted by Crippen LogP contribution is 2.43. The summed E-state index contributed by atoms with van der Waals surface area (Å²) in [4.78, 5) is 19.0. The third kappa shape index (κ3) is 3.53. The number of pyridine rings is 1. The number of halogens is 1. The summed E-state index contributed by atoms with van der Waals surface area (Å²) in [7, 11) is 0. The second-order valence-corrected chi connectivity index (χ2v) is 8.38. The van der Waals surface area contributed by atoms with Gasteiger partial charge in [0.25, 0.3) is 5.91 Å². The van der Waals surface area contributed by atoms with E-state index in [9.17, 15) is 4.79 Å². The number of thiophene rings is 1. The fourth-order valence-electron chi connectivity index (χ4n) is 4.32. The predicted octanol–water partition coefficient (Wildman–Crippen LogP) is 3.72. The van der Waals surface area contributed by atoms with E-state index in [0.717, 1.165) is 29.7 Å². The summed E-state index contributed by atoms with van der Waals surface area (Å²) in [6, 6.07) is 5.89. The molecule has 1 N–H and O–H groups in total. The Morgan fingerprint density at radius 1 is 1.35 bits per heavy atom. The molecule has 0 saturated carbocycles. The van der Waals surface area contributed by atoms with Crippen LogP contribution in [0.1, 0.15) is 47.3 Å². The van der Waals surface area contributed by atoms with E-state index in [4.69, 9.17) is 0 Å². The van der Waals surface area contributed by atoms with Crippen LogP contribution in [0.15, 0.2) is 35.2 Å². The molecule has 2 unspecified atom stereocenters. The van der Waals surface area contributed by atoms with Gasteiger partial charge in [0.05, 0.1) is 11.3 Å². The van der Waals surface area contributed by atoms with E-state index in [1.807, 2.05) is 47.0 Å². The van der Waals surface area contributed by atoms with E-state index in [1.54, 1.807) is 0 Å². The van der Waals surface area contributed by atoms with Gasteiger partial charge in [0.1, 0.15) is 5.67 Å². The van der Waals surface area contributed by atoms with Gasteiger partial charge < -0.3 is 10.2 Å². The van der Waals surface area contributed by atoms with Gasteiger partial charge in [-0.05, 0) is 42.8 Å². The summed E-state index contributed by atoms with van der Waals surface area (Å²) < 4.78 is 15.4. The molecule has 2 aromatic heterocycles. The lowest BCUT2D eigenvalue weighted by Crippen LogP contribution is -2.54. The van der Waals surface area contributed by atoms with Crippen molar-refractivity contribution in [1.29, 1.82) is 0 Å². The van der Waals surface area contributed by atoms with Crippen LogP contribution in [0.3, 0.4) is 0 Å². The zero-order valence-corrected chi connectivity index (χ0v) is 15.8. The molecule has 2 aliphatic heterocycles. The average Bonchev–Trinajstić information content (AvgIpc) is 3.24. The number of aromatic nitrogens is 1. The molecule has 2 atom stereocenters. The number of nitrogens with one attached hydrogen (secondary N) is 1. The Kier molecular flexibility index (Phi) is 4.80. The molecule has 4 heterocycles. The molecule has 2 bridgehead atoms. The van der Waals surface area contributed by atoms with Crippen LogP contribution in [-0.4, -0.2) is 40.1 Å². The predicted molar refractivity (Wildman–Crippen MR) is 101 cm³/mol. The quantitative estimate of drug-likeness (QED) is 0.869. The highest BCUT2D eigenvalue weighted by atomic mass is 32.1. The van der Waals surface area contributed by atoms with Crippen LogP contribution in [0.5, 0.6) is 0 Å². The van der Waals surface area contributed by atoms with E-state index in [-0.39, 0.29) is 18.0 Å². The second-order valence-electron chi connectivity index (χ2n) is 7.60. The zero-order chi connectivity index (χ0) is 18.1. The Balaban J connectivity index is 1.36. The molecule has 6 heteroatoms. The standard InChI is InChI=1S/C20H24FN3OS/c1-14-2-3-16(23-10-14)11-22-13-20(21)8-17-4-5-18(9-20)24(17)19(25)15-6-7-26-12-15/h2-3,6-7,10,12,17-18,22H,4-5,8-9,11,13H2,1H3. The lowest BCUT2D eigenvalue weighted by molar-refractivity contribution is 0.0129. The van der Waals surface area contributed by atoms with Gasteiger partial charge in [-0.15, -0.1) is 0 Å². The first kappa shape index (κ1) is 17.6. The number of alkyl halides is 1. The van der Waals surface area contributed by atoms with Crippen molar-refractivity contribution in [3.05, 3.63) is 52.0 Å². The molecule has 1 amide bonds. The number of fused-ring (bicyclic) bond motifs is 2. The third-order valence-corrected chi connectivity index (χ3v) is 6.23. The normalized spacial score (nSPS) is 27.7. The Morgan fingerprint density at radius 3 is 2.73 bits per heavy atom. The maximum absolute atomic E-state index is 15.4. The van der Waals surface area contributed by atoms with Crippen molar-refractivity contribution in [3.8, 4) is 0 Å². The first-order chi connectivity index (χ1) is 12.5. The molecule has 2 saturated heterocycles. The van der Waals surface area contributed by atoms with Crippen LogP contribution in [0.2, 0.25) is 0 Å². The number of amides is 1. The summed E-state index contributed by atoms with van der Waals surface area (Å²) in [5.41, 5.74) is 1.53. The number of piperidine rings is 1. The maximum atomic E-state index is 15.4. The van der Waals surface area contributed by atoms with E-state index in [0.29, 0.717) is 25.9 Å². The van der Waals surface area contributed by atoms with E-state index >= 15 is 4.39 Å². The lowest BCUT2D eigenvalue weighted by atomic mass is 9.87. The smallest absolute Gasteiger partial charge is 0.255 e. The van der Waals surface area contributed by atoms with Gasteiger partial charge in [0, 0.05) is 49.6 Å². The largest absolute Gasteiger partial charge is 0.332 e. The molecular formula is C20H24FN3OS. The Labute approximate surface area is 157 Å². The molecule has 2 fully saturated rings. The van der Waals surface area contributed by atoms with Crippen LogP contribution in [0, 0.1) is 6.92 Å². The molecule has 4 nitrogen and oxygen atoms in total. The van der Waals surface area contributed by atoms with E-state index in [2.05, 4.69) is 10.3 Å². The van der Waals surface area contributed by atoms with Gasteiger partial charge in [-0.3, -0.25) is 9.78 Å². The first-order valence-corrected chi connectivity index (χ1v) is 10.1. The minimum atomic E-state index is -1.25. The molecule has 0 radical (unpaired) electrons. The number of nitrogens with zero attached hydrogens (tertiary/aromatic N) is 2. The van der Waals surface area contributed by atoms with E-state index < -0.39 is 5.67 Å². The second kappa shape index (κ2) is 7.08. The van der Waals surface area contributed by atoms with Crippen molar-refractivity contribution in [2.24, 2.45) is 0 Å². The van der Waals surface area contributed by atoms with E-state index in [1.165, 1.54) is 11.3 Å². The number of aryl methyl sites for hydroxylation is 1. The summed E-state index contributed by atoms with van der Waals surface area (Å²) in [6.07, 6.45) is 4.50. The van der Waals surface area contributed by atoms with Crippen molar-refractivity contribution in [1.82, 2.24) is 15.2 Å². The SMILES string of the molecule is Cc1ccc(CNCC2(F)CC3CCC(C2)N3C(=O)c2ccsc2)nc1. The Bertz CT molecular complexity index is 748. The lowest BCUT2D eigenvalue weighted by Gasteiger charge is -2.42. The van der Waals surface area contributed by atoms with Gasteiger partial charge in [0.2, 0.25) is 0 Å². The van der Waals surface area contributed by atoms with Gasteiger partial charge >= 0.3 is 0 Å². The maximum Gasteiger partial charge on any atom is 0.255 e. The fraction of sp³-hybridized carbons (Fsp3) is 0.500. The molecule has 26 heavy (non-hydrogen) atoms. The van der Waals surface area contributed by atoms with Gasteiger partial charge in [-0.2, -0.15) is 11.3 Å². The highest BCUT2D eigenvalue weighted by molar-refractivity contribution is 7.08. The number of carbonyl (C=O) groups is 1. The molecule has 138 valence electrons. The molecule has 0 spiro atoms. The molecule has 4 rings (SSSR count). The van der Waals surface area contributed by atoms with Crippen molar-refractivity contribution in [2.75, 3.05) is 6.54 Å². The molecule has 0 aromatic carbocycles. The summed E-state index contributed by atoms with van der Waals surface area (Å²) in [6.45, 7) is 2.89. The number of carbonyl (C=O) groups excluding carboxylic acids is 1. The summed E-state index contributed by atoms with van der Waals surface area (Å²) >= 11 is 1.53. The fourth-order valence-corrected chi connectivity index (χ4v) is 4.95. The highest BCUT2D eigenvalue weighted by Gasteiger charge is 2.50. The minimum absolute atomic E-state index is 0.0189. The van der Waals surface area contributed by atoms with Crippen LogP contribution < -0.4 is 5.32 Å². The number of hydrogen-bond donors (Lipinski definition) is 1. The van der Waals surface area contributed by atoms with Gasteiger partial charge in [-0.25, -0.2) is 4.39 Å². The van der Waals surface area contributed by atoms with Gasteiger partial charge in [0.15, 0.2) is 0 Å². The topological polar surface area (TPSA) is 45.2 Å². The summed E-state index contributed by atoms with van der Waals surface area (Å²) in [5, 5.41) is 7.03. The average molecular weight is 373 g/mol. The minimum Gasteiger partial charge on any atom is -0.332 e. The molecule has 2 aromatic rings. The van der Waals surface area contributed by atoms with Crippen molar-refractivity contribution >= 4 is 17.2 Å². The zero-order valence-electron chi connectivity index (χ0n) is 15.0. The van der Waals surface area contributed by atoms with Crippen LogP contribution >= 0.6 is 11.3 Å². The van der Waals surface area contributed by atoms with Crippen LogP contribution in [-0.2, 0) is 6.54 Å². The summed E-state index contributed by atoms with van der Waals surface area (Å²) in [5.74, 6) is 0.0672. The Morgan fingerprint density at radius 2 is 2.12 bits per heavy atom. The molecule has 2 aliphatic rings. The molecule has 0 aliphatic carbocycles. The van der Waals surface area contributed by atoms with Crippen LogP contribution in [0.25, 0.3) is 0 Å².